The number of hydrogen-bond acceptors (Lipinski definition) is 6. The van der Waals surface area contributed by atoms with E-state index >= 15 is 0 Å². The molecule has 0 aliphatic carbocycles. The summed E-state index contributed by atoms with van der Waals surface area (Å²) in [7, 11) is 2.18. The van der Waals surface area contributed by atoms with Crippen LogP contribution in [-0.4, -0.2) is 65.1 Å². The largest absolute Gasteiger partial charge is 0.347 e. The first kappa shape index (κ1) is 17.4. The fraction of sp³-hybridized carbons (Fsp3) is 0.824. The van der Waals surface area contributed by atoms with E-state index in [0.29, 0.717) is 23.7 Å². The summed E-state index contributed by atoms with van der Waals surface area (Å²) in [6.07, 6.45) is 4.43. The molecule has 3 heterocycles. The molecule has 1 amide bonds. The minimum atomic E-state index is -0.0265. The van der Waals surface area contributed by atoms with Crippen molar-refractivity contribution in [1.82, 2.24) is 25.3 Å². The number of likely N-dealkylation sites (tertiary alicyclic amines) is 2. The van der Waals surface area contributed by atoms with Crippen LogP contribution < -0.4 is 5.32 Å². The van der Waals surface area contributed by atoms with Crippen molar-refractivity contribution in [3.8, 4) is 0 Å². The molecule has 2 fully saturated rings. The van der Waals surface area contributed by atoms with Crippen molar-refractivity contribution in [3.05, 3.63) is 11.7 Å². The van der Waals surface area contributed by atoms with Crippen LogP contribution in [0.3, 0.4) is 0 Å². The molecule has 0 bridgehead atoms. The molecule has 1 aromatic heterocycles. The summed E-state index contributed by atoms with van der Waals surface area (Å²) in [5.74, 6) is 1.16. The lowest BCUT2D eigenvalue weighted by molar-refractivity contribution is -0.125. The lowest BCUT2D eigenvalue weighted by atomic mass is 9.76. The van der Waals surface area contributed by atoms with E-state index in [2.05, 4.69) is 39.2 Å². The van der Waals surface area contributed by atoms with E-state index in [1.54, 1.807) is 6.92 Å². The lowest BCUT2D eigenvalue weighted by Crippen LogP contribution is -2.43. The third-order valence-corrected chi connectivity index (χ3v) is 5.46. The zero-order chi connectivity index (χ0) is 17.2. The fourth-order valence-electron chi connectivity index (χ4n) is 4.08. The van der Waals surface area contributed by atoms with Gasteiger partial charge in [0.1, 0.15) is 0 Å². The van der Waals surface area contributed by atoms with Crippen LogP contribution in [0.25, 0.3) is 0 Å². The number of hydrogen-bond donors (Lipinski definition) is 1. The van der Waals surface area contributed by atoms with E-state index in [9.17, 15) is 4.79 Å². The molecule has 0 saturated carbocycles. The fourth-order valence-corrected chi connectivity index (χ4v) is 4.08. The average molecular weight is 335 g/mol. The smallest absolute Gasteiger partial charge is 0.237 e. The molecule has 1 aromatic rings. The molecule has 2 aliphatic rings. The number of carbonyl (C=O) groups excluding carboxylic acids is 1. The minimum absolute atomic E-state index is 0.0265. The Morgan fingerprint density at radius 3 is 2.79 bits per heavy atom. The van der Waals surface area contributed by atoms with Gasteiger partial charge in [-0.3, -0.25) is 9.69 Å². The quantitative estimate of drug-likeness (QED) is 0.871. The van der Waals surface area contributed by atoms with Gasteiger partial charge in [0.25, 0.3) is 0 Å². The van der Waals surface area contributed by atoms with Gasteiger partial charge in [-0.25, -0.2) is 0 Å². The van der Waals surface area contributed by atoms with Crippen LogP contribution >= 0.6 is 0 Å². The molecular weight excluding hydrogens is 306 g/mol. The average Bonchev–Trinajstić information content (AvgIpc) is 3.13. The lowest BCUT2D eigenvalue weighted by Gasteiger charge is -2.37. The van der Waals surface area contributed by atoms with Crippen LogP contribution in [0.2, 0.25) is 0 Å². The van der Waals surface area contributed by atoms with Crippen LogP contribution in [-0.2, 0) is 11.3 Å². The van der Waals surface area contributed by atoms with Gasteiger partial charge in [0.15, 0.2) is 5.82 Å². The maximum atomic E-state index is 12.8. The second kappa shape index (κ2) is 7.19. The molecule has 2 saturated heterocycles. The van der Waals surface area contributed by atoms with Crippen molar-refractivity contribution in [2.45, 2.75) is 52.1 Å². The topological polar surface area (TPSA) is 74.5 Å². The van der Waals surface area contributed by atoms with Crippen molar-refractivity contribution in [3.63, 3.8) is 0 Å². The third kappa shape index (κ3) is 3.78. The third-order valence-electron chi connectivity index (χ3n) is 5.46. The molecule has 1 unspecified atom stereocenters. The first-order valence-electron chi connectivity index (χ1n) is 9.01. The van der Waals surface area contributed by atoms with E-state index in [1.165, 1.54) is 12.8 Å². The van der Waals surface area contributed by atoms with Crippen LogP contribution in [0, 0.1) is 12.3 Å². The van der Waals surface area contributed by atoms with Crippen LogP contribution in [0.5, 0.6) is 0 Å². The van der Waals surface area contributed by atoms with Crippen molar-refractivity contribution in [1.29, 1.82) is 0 Å². The van der Waals surface area contributed by atoms with E-state index in [-0.39, 0.29) is 11.9 Å². The Balaban J connectivity index is 1.62. The molecule has 7 heteroatoms. The standard InChI is InChI=1S/C17H29N5O2/c1-4-7-22-12-17(5-8-21(3)9-6-17)10-14(22)16(23)18-11-15-19-13(2)24-20-15/h14H,4-12H2,1-3H3,(H,18,23). The van der Waals surface area contributed by atoms with Gasteiger partial charge in [-0.1, -0.05) is 12.1 Å². The predicted molar refractivity (Wildman–Crippen MR) is 90.3 cm³/mol. The van der Waals surface area contributed by atoms with Crippen LogP contribution in [0.4, 0.5) is 0 Å². The highest BCUT2D eigenvalue weighted by Gasteiger charge is 2.47. The van der Waals surface area contributed by atoms with Gasteiger partial charge in [0, 0.05) is 13.5 Å². The molecule has 0 radical (unpaired) electrons. The molecule has 0 aromatic carbocycles. The molecule has 134 valence electrons. The number of aromatic nitrogens is 2. The Kier molecular flexibility index (Phi) is 5.20. The van der Waals surface area contributed by atoms with Gasteiger partial charge < -0.3 is 14.7 Å². The van der Waals surface area contributed by atoms with E-state index in [1.807, 2.05) is 0 Å². The Labute approximate surface area is 143 Å². The summed E-state index contributed by atoms with van der Waals surface area (Å²) in [6, 6.07) is -0.0265. The first-order valence-corrected chi connectivity index (χ1v) is 9.01. The zero-order valence-electron chi connectivity index (χ0n) is 15.0. The summed E-state index contributed by atoms with van der Waals surface area (Å²) >= 11 is 0. The van der Waals surface area contributed by atoms with Gasteiger partial charge in [0.2, 0.25) is 11.8 Å². The summed E-state index contributed by atoms with van der Waals surface area (Å²) < 4.78 is 4.95. The molecule has 3 rings (SSSR count). The Morgan fingerprint density at radius 1 is 1.42 bits per heavy atom. The Bertz CT molecular complexity index is 565. The second-order valence-electron chi connectivity index (χ2n) is 7.44. The predicted octanol–water partition coefficient (Wildman–Crippen LogP) is 1.19. The maximum absolute atomic E-state index is 12.8. The minimum Gasteiger partial charge on any atom is -0.347 e. The number of carbonyl (C=O) groups is 1. The molecule has 24 heavy (non-hydrogen) atoms. The Hall–Kier alpha value is -1.47. The van der Waals surface area contributed by atoms with Gasteiger partial charge in [-0.15, -0.1) is 0 Å². The molecular formula is C17H29N5O2. The van der Waals surface area contributed by atoms with Crippen molar-refractivity contribution < 1.29 is 9.32 Å². The van der Waals surface area contributed by atoms with Crippen LogP contribution in [0.15, 0.2) is 4.52 Å². The Morgan fingerprint density at radius 2 is 2.17 bits per heavy atom. The maximum Gasteiger partial charge on any atom is 0.237 e. The molecule has 1 spiro atoms. The number of nitrogens with zero attached hydrogens (tertiary/aromatic N) is 4. The van der Waals surface area contributed by atoms with E-state index in [4.69, 9.17) is 4.52 Å². The van der Waals surface area contributed by atoms with Gasteiger partial charge in [-0.2, -0.15) is 4.98 Å². The normalized spacial score (nSPS) is 24.5. The van der Waals surface area contributed by atoms with Crippen molar-refractivity contribution in [2.24, 2.45) is 5.41 Å². The number of aryl methyl sites for hydroxylation is 1. The van der Waals surface area contributed by atoms with Crippen molar-refractivity contribution in [2.75, 3.05) is 33.2 Å². The molecule has 1 N–H and O–H groups in total. The molecule has 7 nitrogen and oxygen atoms in total. The van der Waals surface area contributed by atoms with Gasteiger partial charge >= 0.3 is 0 Å². The van der Waals surface area contributed by atoms with Gasteiger partial charge in [-0.05, 0) is 57.8 Å². The summed E-state index contributed by atoms with van der Waals surface area (Å²) in [4.78, 5) is 21.7. The van der Waals surface area contributed by atoms with E-state index in [0.717, 1.165) is 39.0 Å². The number of nitrogens with one attached hydrogen (secondary N) is 1. The summed E-state index contributed by atoms with van der Waals surface area (Å²) in [5.41, 5.74) is 0.312. The highest BCUT2D eigenvalue weighted by atomic mass is 16.5. The zero-order valence-corrected chi connectivity index (χ0v) is 15.0. The second-order valence-corrected chi connectivity index (χ2v) is 7.44. The number of rotatable bonds is 5. The van der Waals surface area contributed by atoms with Crippen LogP contribution in [0.1, 0.15) is 44.3 Å². The summed E-state index contributed by atoms with van der Waals surface area (Å²) in [5, 5.41) is 6.84. The first-order chi connectivity index (χ1) is 11.5. The molecule has 2 aliphatic heterocycles. The summed E-state index contributed by atoms with van der Waals surface area (Å²) in [6.45, 7) is 8.57. The monoisotopic (exact) mass is 335 g/mol. The highest BCUT2D eigenvalue weighted by molar-refractivity contribution is 5.82. The number of amides is 1. The highest BCUT2D eigenvalue weighted by Crippen LogP contribution is 2.43. The van der Waals surface area contributed by atoms with E-state index < -0.39 is 0 Å². The van der Waals surface area contributed by atoms with Gasteiger partial charge in [0.05, 0.1) is 12.6 Å². The molecule has 1 atom stereocenters. The van der Waals surface area contributed by atoms with Crippen molar-refractivity contribution >= 4 is 5.91 Å². The SMILES string of the molecule is CCCN1CC2(CCN(C)CC2)CC1C(=O)NCc1noc(C)n1. The number of piperidine rings is 1.